The van der Waals surface area contributed by atoms with Gasteiger partial charge in [0.25, 0.3) is 0 Å². The molecule has 5 rings (SSSR count). The van der Waals surface area contributed by atoms with Crippen LogP contribution in [0.2, 0.25) is 0 Å². The van der Waals surface area contributed by atoms with Gasteiger partial charge in [-0.15, -0.1) is 0 Å². The molecule has 0 radical (unpaired) electrons. The van der Waals surface area contributed by atoms with Crippen LogP contribution in [-0.4, -0.2) is 27.5 Å². The zero-order valence-electron chi connectivity index (χ0n) is 15.5. The molecule has 2 heterocycles. The van der Waals surface area contributed by atoms with Crippen LogP contribution in [0.1, 0.15) is 34.0 Å². The van der Waals surface area contributed by atoms with E-state index in [9.17, 15) is 14.8 Å². The Balaban J connectivity index is 1.70. The summed E-state index contributed by atoms with van der Waals surface area (Å²) in [4.78, 5) is 0. The summed E-state index contributed by atoms with van der Waals surface area (Å²) >= 11 is 3.44. The van der Waals surface area contributed by atoms with Crippen molar-refractivity contribution in [2.24, 2.45) is 0 Å². The first-order valence-corrected chi connectivity index (χ1v) is 10.3. The van der Waals surface area contributed by atoms with Crippen LogP contribution in [0, 0.1) is 17.1 Å². The smallest absolute Gasteiger partial charge is 0.124 e. The second kappa shape index (κ2) is 7.06. The van der Waals surface area contributed by atoms with Crippen LogP contribution in [0.5, 0.6) is 0 Å². The Morgan fingerprint density at radius 1 is 1.28 bits per heavy atom. The molecule has 0 unspecified atom stereocenters. The number of halogens is 2. The highest BCUT2D eigenvalue weighted by Crippen LogP contribution is 2.41. The molecule has 0 amide bonds. The van der Waals surface area contributed by atoms with E-state index in [1.54, 1.807) is 6.07 Å². The number of benzene rings is 2. The van der Waals surface area contributed by atoms with Crippen molar-refractivity contribution in [2.45, 2.75) is 31.5 Å². The summed E-state index contributed by atoms with van der Waals surface area (Å²) < 4.78 is 16.7. The average molecular weight is 453 g/mol. The number of nitriles is 1. The van der Waals surface area contributed by atoms with Crippen molar-refractivity contribution in [1.82, 2.24) is 15.1 Å². The number of rotatable bonds is 2. The van der Waals surface area contributed by atoms with Gasteiger partial charge < -0.3 is 10.4 Å². The molecule has 1 aromatic heterocycles. The fraction of sp³-hybridized carbons (Fsp3) is 0.273. The van der Waals surface area contributed by atoms with Gasteiger partial charge in [-0.1, -0.05) is 28.1 Å². The quantitative estimate of drug-likeness (QED) is 0.624. The van der Waals surface area contributed by atoms with E-state index in [1.807, 2.05) is 22.9 Å². The summed E-state index contributed by atoms with van der Waals surface area (Å²) in [5.41, 5.74) is 6.07. The fourth-order valence-corrected chi connectivity index (χ4v) is 5.11. The van der Waals surface area contributed by atoms with Gasteiger partial charge in [0.15, 0.2) is 0 Å². The maximum atomic E-state index is 14.1. The normalized spacial score (nSPS) is 20.2. The van der Waals surface area contributed by atoms with Gasteiger partial charge in [0.2, 0.25) is 0 Å². The Morgan fingerprint density at radius 3 is 2.97 bits per heavy atom. The zero-order valence-corrected chi connectivity index (χ0v) is 17.1. The molecule has 0 saturated heterocycles. The minimum Gasteiger partial charge on any atom is -0.390 e. The van der Waals surface area contributed by atoms with Crippen molar-refractivity contribution in [3.8, 4) is 17.3 Å². The molecule has 0 bridgehead atoms. The minimum atomic E-state index is -0.680. The van der Waals surface area contributed by atoms with Crippen LogP contribution in [0.3, 0.4) is 0 Å². The second-order valence-corrected chi connectivity index (χ2v) is 8.36. The van der Waals surface area contributed by atoms with E-state index in [0.717, 1.165) is 46.6 Å². The lowest BCUT2D eigenvalue weighted by Gasteiger charge is -2.22. The van der Waals surface area contributed by atoms with Crippen LogP contribution in [0.25, 0.3) is 11.3 Å². The second-order valence-electron chi connectivity index (χ2n) is 7.51. The first kappa shape index (κ1) is 18.5. The van der Waals surface area contributed by atoms with E-state index in [2.05, 4.69) is 27.3 Å². The molecule has 2 atom stereocenters. The predicted octanol–water partition coefficient (Wildman–Crippen LogP) is 3.48. The standard InChI is InChI=1S/C22H18BrFN4O/c23-18-8-14(24)7-16-15(18)9-20(29)22(16)28-19-4-5-26-11-17(19)21(27-28)13-3-1-2-12(6-13)10-25/h1-3,6-8,20,22,26,29H,4-5,9,11H2/t20-,22+/m0/s1. The Kier molecular flexibility index (Phi) is 4.50. The lowest BCUT2D eigenvalue weighted by Crippen LogP contribution is -2.29. The molecule has 0 spiro atoms. The molecule has 1 aliphatic heterocycles. The monoisotopic (exact) mass is 452 g/mol. The van der Waals surface area contributed by atoms with Crippen molar-refractivity contribution in [3.05, 3.63) is 74.6 Å². The Morgan fingerprint density at radius 2 is 2.14 bits per heavy atom. The molecule has 0 saturated carbocycles. The van der Waals surface area contributed by atoms with Crippen LogP contribution >= 0.6 is 15.9 Å². The Bertz CT molecular complexity index is 1170. The third-order valence-electron chi connectivity index (χ3n) is 5.78. The summed E-state index contributed by atoms with van der Waals surface area (Å²) in [5.74, 6) is -0.334. The van der Waals surface area contributed by atoms with E-state index in [-0.39, 0.29) is 5.82 Å². The highest BCUT2D eigenvalue weighted by molar-refractivity contribution is 9.10. The number of aromatic nitrogens is 2. The van der Waals surface area contributed by atoms with E-state index in [4.69, 9.17) is 5.10 Å². The van der Waals surface area contributed by atoms with Gasteiger partial charge in [-0.05, 0) is 35.4 Å². The number of hydrogen-bond donors (Lipinski definition) is 2. The van der Waals surface area contributed by atoms with Crippen LogP contribution in [0.4, 0.5) is 4.39 Å². The molecular weight excluding hydrogens is 435 g/mol. The molecule has 0 fully saturated rings. The van der Waals surface area contributed by atoms with Gasteiger partial charge >= 0.3 is 0 Å². The van der Waals surface area contributed by atoms with Gasteiger partial charge in [0.05, 0.1) is 23.4 Å². The number of aliphatic hydroxyl groups is 1. The number of nitrogens with zero attached hydrogens (tertiary/aromatic N) is 3. The summed E-state index contributed by atoms with van der Waals surface area (Å²) in [6.07, 6.45) is 0.544. The summed E-state index contributed by atoms with van der Waals surface area (Å²) in [6, 6.07) is 12.1. The molecule has 2 aromatic carbocycles. The predicted molar refractivity (Wildman–Crippen MR) is 110 cm³/mol. The average Bonchev–Trinajstić information content (AvgIpc) is 3.25. The number of aliphatic hydroxyl groups excluding tert-OH is 1. The van der Waals surface area contributed by atoms with Gasteiger partial charge in [-0.3, -0.25) is 4.68 Å². The molecule has 2 aliphatic rings. The molecule has 2 N–H and O–H groups in total. The van der Waals surface area contributed by atoms with E-state index >= 15 is 0 Å². The zero-order chi connectivity index (χ0) is 20.1. The molecule has 7 heteroatoms. The van der Waals surface area contributed by atoms with Gasteiger partial charge in [0.1, 0.15) is 11.9 Å². The molecular formula is C22H18BrFN4O. The molecule has 3 aromatic rings. The summed E-state index contributed by atoms with van der Waals surface area (Å²) in [5, 5.41) is 28.4. The van der Waals surface area contributed by atoms with E-state index in [0.29, 0.717) is 23.0 Å². The van der Waals surface area contributed by atoms with E-state index < -0.39 is 12.1 Å². The Labute approximate surface area is 175 Å². The van der Waals surface area contributed by atoms with Gasteiger partial charge in [-0.25, -0.2) is 4.39 Å². The van der Waals surface area contributed by atoms with Crippen LogP contribution in [-0.2, 0) is 19.4 Å². The molecule has 29 heavy (non-hydrogen) atoms. The minimum absolute atomic E-state index is 0.334. The maximum Gasteiger partial charge on any atom is 0.124 e. The van der Waals surface area contributed by atoms with Crippen molar-refractivity contribution in [2.75, 3.05) is 6.54 Å². The third kappa shape index (κ3) is 2.99. The first-order chi connectivity index (χ1) is 14.1. The van der Waals surface area contributed by atoms with Crippen molar-refractivity contribution < 1.29 is 9.50 Å². The van der Waals surface area contributed by atoms with Crippen LogP contribution < -0.4 is 5.32 Å². The highest BCUT2D eigenvalue weighted by Gasteiger charge is 2.37. The SMILES string of the molecule is N#Cc1cccc(-c2nn([C@@H]3c4cc(F)cc(Br)c4C[C@@H]3O)c3c2CNCC3)c1. The highest BCUT2D eigenvalue weighted by atomic mass is 79.9. The van der Waals surface area contributed by atoms with Crippen molar-refractivity contribution in [1.29, 1.82) is 5.26 Å². The van der Waals surface area contributed by atoms with Crippen molar-refractivity contribution >= 4 is 15.9 Å². The number of nitrogens with one attached hydrogen (secondary N) is 1. The van der Waals surface area contributed by atoms with Crippen LogP contribution in [0.15, 0.2) is 40.9 Å². The van der Waals surface area contributed by atoms with Crippen molar-refractivity contribution in [3.63, 3.8) is 0 Å². The van der Waals surface area contributed by atoms with Gasteiger partial charge in [0, 0.05) is 47.2 Å². The molecule has 5 nitrogen and oxygen atoms in total. The fourth-order valence-electron chi connectivity index (χ4n) is 4.50. The van der Waals surface area contributed by atoms with E-state index in [1.165, 1.54) is 12.1 Å². The number of fused-ring (bicyclic) bond motifs is 2. The molecule has 146 valence electrons. The first-order valence-electron chi connectivity index (χ1n) is 9.54. The lowest BCUT2D eigenvalue weighted by atomic mass is 10.00. The lowest BCUT2D eigenvalue weighted by molar-refractivity contribution is 0.137. The van der Waals surface area contributed by atoms with Gasteiger partial charge in [-0.2, -0.15) is 10.4 Å². The largest absolute Gasteiger partial charge is 0.390 e. The summed E-state index contributed by atoms with van der Waals surface area (Å²) in [7, 11) is 0. The summed E-state index contributed by atoms with van der Waals surface area (Å²) in [6.45, 7) is 1.49. The number of hydrogen-bond acceptors (Lipinski definition) is 4. The Hall–Kier alpha value is -2.53. The third-order valence-corrected chi connectivity index (χ3v) is 6.49. The topological polar surface area (TPSA) is 73.9 Å². The molecule has 1 aliphatic carbocycles. The maximum absolute atomic E-state index is 14.1.